The number of aromatic nitrogens is 2. The van der Waals surface area contributed by atoms with Gasteiger partial charge in [0.15, 0.2) is 0 Å². The van der Waals surface area contributed by atoms with E-state index in [0.717, 1.165) is 16.9 Å². The van der Waals surface area contributed by atoms with Gasteiger partial charge in [0.25, 0.3) is 0 Å². The fraction of sp³-hybridized carbons (Fsp3) is 0.529. The third-order valence-corrected chi connectivity index (χ3v) is 4.30. The number of imidazole rings is 1. The van der Waals surface area contributed by atoms with E-state index in [2.05, 4.69) is 25.3 Å². The van der Waals surface area contributed by atoms with Crippen LogP contribution in [0.15, 0.2) is 18.2 Å². The number of carboxylic acids is 1. The van der Waals surface area contributed by atoms with Gasteiger partial charge in [-0.1, -0.05) is 33.6 Å². The first-order valence-electron chi connectivity index (χ1n) is 7.63. The molecule has 0 radical (unpaired) electrons. The van der Waals surface area contributed by atoms with Crippen LogP contribution < -0.4 is 0 Å². The maximum atomic E-state index is 11.2. The number of carboxylic acid groups (broad SMARTS) is 1. The van der Waals surface area contributed by atoms with Crippen molar-refractivity contribution in [1.82, 2.24) is 9.55 Å². The molecule has 4 nitrogen and oxygen atoms in total. The van der Waals surface area contributed by atoms with Crippen molar-refractivity contribution in [2.45, 2.75) is 57.9 Å². The summed E-state index contributed by atoms with van der Waals surface area (Å²) >= 11 is 0. The van der Waals surface area contributed by atoms with Gasteiger partial charge in [-0.15, -0.1) is 0 Å². The summed E-state index contributed by atoms with van der Waals surface area (Å²) in [7, 11) is 0. The first-order chi connectivity index (χ1) is 9.88. The molecule has 1 aliphatic rings. The largest absolute Gasteiger partial charge is 0.478 e. The molecule has 4 heteroatoms. The molecule has 0 atom stereocenters. The Morgan fingerprint density at radius 2 is 1.95 bits per heavy atom. The topological polar surface area (TPSA) is 55.1 Å². The first-order valence-corrected chi connectivity index (χ1v) is 7.63. The lowest BCUT2D eigenvalue weighted by molar-refractivity contribution is 0.0697. The SMILES string of the molecule is CC(C)(C)c1nc2cc(C(=O)O)ccc2n1C1CCCC1. The lowest BCUT2D eigenvalue weighted by Crippen LogP contribution is -2.21. The molecular formula is C17H22N2O2. The van der Waals surface area contributed by atoms with Gasteiger partial charge in [0.2, 0.25) is 0 Å². The lowest BCUT2D eigenvalue weighted by Gasteiger charge is -2.24. The first kappa shape index (κ1) is 14.1. The Morgan fingerprint density at radius 3 is 2.52 bits per heavy atom. The van der Waals surface area contributed by atoms with Gasteiger partial charge in [0.1, 0.15) is 5.82 Å². The van der Waals surface area contributed by atoms with Crippen molar-refractivity contribution in [3.8, 4) is 0 Å². The number of fused-ring (bicyclic) bond motifs is 1. The number of hydrogen-bond acceptors (Lipinski definition) is 2. The summed E-state index contributed by atoms with van der Waals surface area (Å²) in [6, 6.07) is 5.79. The maximum absolute atomic E-state index is 11.2. The second-order valence-corrected chi connectivity index (χ2v) is 7.00. The summed E-state index contributed by atoms with van der Waals surface area (Å²) in [6.07, 6.45) is 4.91. The van der Waals surface area contributed by atoms with Crippen LogP contribution in [-0.4, -0.2) is 20.6 Å². The van der Waals surface area contributed by atoms with Crippen molar-refractivity contribution in [2.75, 3.05) is 0 Å². The van der Waals surface area contributed by atoms with Crippen LogP contribution >= 0.6 is 0 Å². The molecule has 1 heterocycles. The number of rotatable bonds is 2. The van der Waals surface area contributed by atoms with Crippen LogP contribution in [-0.2, 0) is 5.41 Å². The normalized spacial score (nSPS) is 16.7. The van der Waals surface area contributed by atoms with E-state index in [0.29, 0.717) is 11.6 Å². The van der Waals surface area contributed by atoms with E-state index in [-0.39, 0.29) is 5.41 Å². The summed E-state index contributed by atoms with van der Waals surface area (Å²) in [5.41, 5.74) is 2.12. The minimum Gasteiger partial charge on any atom is -0.478 e. The summed E-state index contributed by atoms with van der Waals surface area (Å²) < 4.78 is 2.36. The quantitative estimate of drug-likeness (QED) is 0.902. The Labute approximate surface area is 124 Å². The zero-order chi connectivity index (χ0) is 15.2. The predicted octanol–water partition coefficient (Wildman–Crippen LogP) is 4.15. The van der Waals surface area contributed by atoms with Gasteiger partial charge in [-0.3, -0.25) is 0 Å². The molecule has 1 N–H and O–H groups in total. The number of carbonyl (C=O) groups is 1. The Hall–Kier alpha value is -1.84. The van der Waals surface area contributed by atoms with Crippen LogP contribution in [0, 0.1) is 0 Å². The number of aromatic carboxylic acids is 1. The Morgan fingerprint density at radius 1 is 1.29 bits per heavy atom. The van der Waals surface area contributed by atoms with Gasteiger partial charge in [-0.2, -0.15) is 0 Å². The highest BCUT2D eigenvalue weighted by Crippen LogP contribution is 2.37. The van der Waals surface area contributed by atoms with Crippen LogP contribution in [0.1, 0.15) is 68.7 Å². The van der Waals surface area contributed by atoms with Crippen molar-refractivity contribution in [3.05, 3.63) is 29.6 Å². The maximum Gasteiger partial charge on any atom is 0.335 e. The van der Waals surface area contributed by atoms with Gasteiger partial charge in [0.05, 0.1) is 16.6 Å². The standard InChI is InChI=1S/C17H22N2O2/c1-17(2,3)16-18-13-10-11(15(20)21)8-9-14(13)19(16)12-6-4-5-7-12/h8-10,12H,4-7H2,1-3H3,(H,20,21). The smallest absolute Gasteiger partial charge is 0.335 e. The Kier molecular flexibility index (Phi) is 3.27. The Balaban J connectivity index is 2.23. The number of hydrogen-bond donors (Lipinski definition) is 1. The minimum atomic E-state index is -0.898. The van der Waals surface area contributed by atoms with Crippen LogP contribution in [0.5, 0.6) is 0 Å². The average Bonchev–Trinajstić information content (AvgIpc) is 3.03. The van der Waals surface area contributed by atoms with Gasteiger partial charge >= 0.3 is 5.97 Å². The highest BCUT2D eigenvalue weighted by molar-refractivity contribution is 5.92. The third-order valence-electron chi connectivity index (χ3n) is 4.30. The van der Waals surface area contributed by atoms with Crippen LogP contribution in [0.3, 0.4) is 0 Å². The molecule has 0 aliphatic heterocycles. The van der Waals surface area contributed by atoms with Crippen molar-refractivity contribution in [1.29, 1.82) is 0 Å². The van der Waals surface area contributed by atoms with E-state index >= 15 is 0 Å². The summed E-state index contributed by atoms with van der Waals surface area (Å²) in [6.45, 7) is 6.49. The van der Waals surface area contributed by atoms with E-state index < -0.39 is 5.97 Å². The van der Waals surface area contributed by atoms with Gasteiger partial charge in [-0.05, 0) is 31.0 Å². The molecule has 0 spiro atoms. The molecule has 21 heavy (non-hydrogen) atoms. The second-order valence-electron chi connectivity index (χ2n) is 7.00. The van der Waals surface area contributed by atoms with Gasteiger partial charge in [0, 0.05) is 11.5 Å². The van der Waals surface area contributed by atoms with Crippen LogP contribution in [0.4, 0.5) is 0 Å². The predicted molar refractivity (Wildman–Crippen MR) is 82.9 cm³/mol. The van der Waals surface area contributed by atoms with E-state index in [1.165, 1.54) is 25.7 Å². The summed E-state index contributed by atoms with van der Waals surface area (Å²) in [4.78, 5) is 15.9. The molecular weight excluding hydrogens is 264 g/mol. The van der Waals surface area contributed by atoms with Gasteiger partial charge < -0.3 is 9.67 Å². The van der Waals surface area contributed by atoms with E-state index in [1.807, 2.05) is 6.07 Å². The van der Waals surface area contributed by atoms with Gasteiger partial charge in [-0.25, -0.2) is 9.78 Å². The lowest BCUT2D eigenvalue weighted by atomic mass is 9.95. The zero-order valence-electron chi connectivity index (χ0n) is 12.9. The molecule has 0 unspecified atom stereocenters. The van der Waals surface area contributed by atoms with E-state index in [9.17, 15) is 4.79 Å². The summed E-state index contributed by atoms with van der Waals surface area (Å²) in [5.74, 6) is 0.163. The van der Waals surface area contributed by atoms with Crippen molar-refractivity contribution in [3.63, 3.8) is 0 Å². The molecule has 1 saturated carbocycles. The summed E-state index contributed by atoms with van der Waals surface area (Å²) in [5, 5.41) is 9.16. The number of nitrogens with zero attached hydrogens (tertiary/aromatic N) is 2. The second kappa shape index (κ2) is 4.86. The molecule has 2 aromatic rings. The molecule has 3 rings (SSSR count). The molecule has 0 saturated heterocycles. The highest BCUT2D eigenvalue weighted by Gasteiger charge is 2.28. The highest BCUT2D eigenvalue weighted by atomic mass is 16.4. The molecule has 0 amide bonds. The van der Waals surface area contributed by atoms with E-state index in [4.69, 9.17) is 10.1 Å². The van der Waals surface area contributed by atoms with Crippen LogP contribution in [0.25, 0.3) is 11.0 Å². The fourth-order valence-corrected chi connectivity index (χ4v) is 3.29. The van der Waals surface area contributed by atoms with E-state index in [1.54, 1.807) is 12.1 Å². The molecule has 1 aromatic carbocycles. The molecule has 112 valence electrons. The Bertz CT molecular complexity index is 689. The average molecular weight is 286 g/mol. The number of benzene rings is 1. The zero-order valence-corrected chi connectivity index (χ0v) is 12.9. The monoisotopic (exact) mass is 286 g/mol. The fourth-order valence-electron chi connectivity index (χ4n) is 3.29. The van der Waals surface area contributed by atoms with Crippen LogP contribution in [0.2, 0.25) is 0 Å². The molecule has 1 aliphatic carbocycles. The third kappa shape index (κ3) is 2.43. The van der Waals surface area contributed by atoms with Crippen molar-refractivity contribution < 1.29 is 9.90 Å². The molecule has 0 bridgehead atoms. The molecule has 1 fully saturated rings. The molecule has 1 aromatic heterocycles. The van der Waals surface area contributed by atoms with Crippen molar-refractivity contribution >= 4 is 17.0 Å². The van der Waals surface area contributed by atoms with Crippen molar-refractivity contribution in [2.24, 2.45) is 0 Å². The minimum absolute atomic E-state index is 0.0506.